The van der Waals surface area contributed by atoms with Crippen LogP contribution in [0.25, 0.3) is 54.7 Å². The first-order valence-corrected chi connectivity index (χ1v) is 21.6. The molecular weight excluding hydrogens is 781 g/mol. The van der Waals surface area contributed by atoms with Crippen LogP contribution in [0.5, 0.6) is 0 Å². The number of carbonyl (C=O) groups is 1. The summed E-state index contributed by atoms with van der Waals surface area (Å²) in [4.78, 5) is 14.7. The van der Waals surface area contributed by atoms with E-state index in [0.29, 0.717) is 5.56 Å². The van der Waals surface area contributed by atoms with E-state index in [2.05, 4.69) is 90.1 Å². The molecule has 0 saturated heterocycles. The van der Waals surface area contributed by atoms with Gasteiger partial charge >= 0.3 is 151 Å². The van der Waals surface area contributed by atoms with Crippen molar-refractivity contribution in [2.24, 2.45) is 0 Å². The predicted molar refractivity (Wildman–Crippen MR) is 181 cm³/mol. The monoisotopic (exact) mass is 816 g/mol. The summed E-state index contributed by atoms with van der Waals surface area (Å²) in [7, 11) is 0. The summed E-state index contributed by atoms with van der Waals surface area (Å²) in [6.07, 6.45) is 3.02. The van der Waals surface area contributed by atoms with Gasteiger partial charge in [-0.15, -0.1) is 23.6 Å². The van der Waals surface area contributed by atoms with Gasteiger partial charge in [0.2, 0.25) is 0 Å². The van der Waals surface area contributed by atoms with Gasteiger partial charge in [-0.2, -0.15) is 5.26 Å². The molecule has 0 saturated carbocycles. The second-order valence-electron chi connectivity index (χ2n) is 11.7. The zero-order valence-electron chi connectivity index (χ0n) is 25.4. The maximum Gasteiger partial charge on any atom is 0 e. The molecule has 44 heavy (non-hydrogen) atoms. The van der Waals surface area contributed by atoms with E-state index in [9.17, 15) is 10.1 Å². The Morgan fingerprint density at radius 3 is 2.16 bits per heavy atom. The molecule has 0 aliphatic carbocycles. The van der Waals surface area contributed by atoms with E-state index in [1.807, 2.05) is 36.5 Å². The van der Waals surface area contributed by atoms with Gasteiger partial charge in [-0.25, -0.2) is 0 Å². The summed E-state index contributed by atoms with van der Waals surface area (Å²) in [5.41, 5.74) is 4.81. The maximum atomic E-state index is 10.0. The Morgan fingerprint density at radius 2 is 1.52 bits per heavy atom. The average Bonchev–Trinajstić information content (AvgIpc) is 2.99. The molecule has 4 nitrogen and oxygen atoms in total. The third kappa shape index (κ3) is 7.17. The fraction of sp³-hybridized carbons (Fsp3) is 0.132. The van der Waals surface area contributed by atoms with Crippen molar-refractivity contribution in [3.8, 4) is 28.5 Å². The molecule has 221 valence electrons. The van der Waals surface area contributed by atoms with E-state index in [1.165, 1.54) is 46.2 Å². The zero-order valence-corrected chi connectivity index (χ0v) is 29.9. The van der Waals surface area contributed by atoms with Gasteiger partial charge < -0.3 is 5.11 Å². The fourth-order valence-corrected chi connectivity index (χ4v) is 7.74. The topological polar surface area (TPSA) is 74.0 Å². The summed E-state index contributed by atoms with van der Waals surface area (Å²) in [6.45, 7) is 2.85. The van der Waals surface area contributed by atoms with Crippen LogP contribution in [0, 0.1) is 17.4 Å². The quantitative estimate of drug-likeness (QED) is 0.0634. The van der Waals surface area contributed by atoms with E-state index in [1.54, 1.807) is 0 Å². The zero-order chi connectivity index (χ0) is 30.7. The van der Waals surface area contributed by atoms with Crippen molar-refractivity contribution in [3.63, 3.8) is 0 Å². The maximum absolute atomic E-state index is 10.0. The Hall–Kier alpha value is -4.08. The van der Waals surface area contributed by atoms with Crippen LogP contribution < -0.4 is 4.40 Å². The number of aliphatic hydroxyl groups is 1. The van der Waals surface area contributed by atoms with Gasteiger partial charge in [-0.1, -0.05) is 23.6 Å². The van der Waals surface area contributed by atoms with E-state index in [0.717, 1.165) is 32.8 Å². The number of aliphatic hydroxyl groups excluding tert-OH is 1. The molecule has 1 radical (unpaired) electrons. The van der Waals surface area contributed by atoms with E-state index in [4.69, 9.17) is 10.1 Å². The van der Waals surface area contributed by atoms with Crippen LogP contribution in [0.3, 0.4) is 0 Å². The Balaban J connectivity index is 0.000000497. The molecule has 5 aromatic carbocycles. The van der Waals surface area contributed by atoms with Gasteiger partial charge in [0.1, 0.15) is 0 Å². The molecule has 0 aliphatic rings. The number of hydrogen-bond donors (Lipinski definition) is 1. The van der Waals surface area contributed by atoms with Crippen molar-refractivity contribution < 1.29 is 30.0 Å². The van der Waals surface area contributed by atoms with Crippen LogP contribution in [0.15, 0.2) is 109 Å². The molecule has 0 amide bonds. The molecule has 0 unspecified atom stereocenters. The normalized spacial score (nSPS) is 11.4. The number of ketones is 1. The molecule has 6 heteroatoms. The van der Waals surface area contributed by atoms with Gasteiger partial charge in [-0.05, 0) is 19.4 Å². The first-order valence-electron chi connectivity index (χ1n) is 14.2. The summed E-state index contributed by atoms with van der Waals surface area (Å²) in [5.74, 6) is 7.22. The van der Waals surface area contributed by atoms with E-state index < -0.39 is 13.3 Å². The summed E-state index contributed by atoms with van der Waals surface area (Å²) < 4.78 is 1.52. The van der Waals surface area contributed by atoms with Gasteiger partial charge in [0.15, 0.2) is 5.78 Å². The Bertz CT molecular complexity index is 2070. The van der Waals surface area contributed by atoms with Crippen molar-refractivity contribution >= 4 is 55.8 Å². The number of benzene rings is 5. The van der Waals surface area contributed by atoms with Crippen LogP contribution in [0.4, 0.5) is 0 Å². The second-order valence-corrected chi connectivity index (χ2v) is 22.4. The van der Waals surface area contributed by atoms with Gasteiger partial charge in [-0.3, -0.25) is 4.79 Å². The minimum atomic E-state index is -1.82. The molecule has 0 bridgehead atoms. The number of nitriles is 1. The molecule has 1 heterocycles. The Morgan fingerprint density at radius 1 is 0.841 bits per heavy atom. The largest absolute Gasteiger partial charge is 0 e. The van der Waals surface area contributed by atoms with Crippen molar-refractivity contribution in [1.82, 2.24) is 4.98 Å². The van der Waals surface area contributed by atoms with Crippen molar-refractivity contribution in [3.05, 3.63) is 121 Å². The number of fused-ring (bicyclic) bond motifs is 4. The molecule has 6 aromatic rings. The number of rotatable bonds is 4. The molecule has 0 spiro atoms. The summed E-state index contributed by atoms with van der Waals surface area (Å²) >= 11 is -1.82. The smallest absolute Gasteiger partial charge is 0 e. The molecule has 6 rings (SSSR count). The number of pyridine rings is 1. The number of hydrogen-bond acceptors (Lipinski definition) is 4. The Kier molecular flexibility index (Phi) is 10.2. The standard InChI is InChI=1S/C33H25GeN2.C5H8O2.Ir/c1-34(2,3)28-12-8-22(9-13-28)23-10-14-30-25(18-23)11-15-32-31(30)16-17-36-33(32)26-19-24-6-4-5-7-29(24)27(20-26)21-35;1-4(6)3-5(2)7;/h4-18,20H,1-3H3;3,6H,1-2H3;/q-1;;/b;4-3-;. The first kappa shape index (κ1) is 32.8. The van der Waals surface area contributed by atoms with Crippen LogP contribution in [0.1, 0.15) is 19.4 Å². The SMILES string of the molecule is CC(=O)/C=C(/C)O.[CH3][Ge]([CH3])([CH3])[c]1ccc(-c2ccc3c(ccc4c(-c5[c-]c6ccccc6c(C#N)c5)nccc43)c2)cc1.[Ir]. The minimum absolute atomic E-state index is 0. The predicted octanol–water partition coefficient (Wildman–Crippen LogP) is 9.13. The molecule has 0 atom stereocenters. The molecule has 1 aromatic heterocycles. The first-order chi connectivity index (χ1) is 20.5. The molecule has 0 aliphatic heterocycles. The average molecular weight is 815 g/mol. The summed E-state index contributed by atoms with van der Waals surface area (Å²) in [5, 5.41) is 24.6. The Labute approximate surface area is 274 Å². The van der Waals surface area contributed by atoms with Gasteiger partial charge in [0.05, 0.1) is 11.8 Å². The minimum Gasteiger partial charge on any atom is 0 e. The molecule has 1 N–H and O–H groups in total. The molecule has 0 fully saturated rings. The van der Waals surface area contributed by atoms with Crippen LogP contribution in [0.2, 0.25) is 17.3 Å². The molecular formula is C38H33GeIrN2O2-. The van der Waals surface area contributed by atoms with Crippen molar-refractivity contribution in [2.75, 3.05) is 0 Å². The van der Waals surface area contributed by atoms with Crippen LogP contribution in [-0.2, 0) is 24.9 Å². The van der Waals surface area contributed by atoms with Crippen LogP contribution >= 0.6 is 0 Å². The fourth-order valence-electron chi connectivity index (χ4n) is 5.30. The number of carbonyl (C=O) groups excluding carboxylic acids is 1. The summed E-state index contributed by atoms with van der Waals surface area (Å²) in [6, 6.07) is 37.9. The van der Waals surface area contributed by atoms with E-state index >= 15 is 0 Å². The number of allylic oxidation sites excluding steroid dienone is 2. The second kappa shape index (κ2) is 13.7. The van der Waals surface area contributed by atoms with E-state index in [-0.39, 0.29) is 31.6 Å². The van der Waals surface area contributed by atoms with Crippen molar-refractivity contribution in [1.29, 1.82) is 5.26 Å². The van der Waals surface area contributed by atoms with Crippen LogP contribution in [-0.4, -0.2) is 29.1 Å². The third-order valence-corrected chi connectivity index (χ3v) is 11.7. The third-order valence-electron chi connectivity index (χ3n) is 7.41. The van der Waals surface area contributed by atoms with Gasteiger partial charge in [0, 0.05) is 26.2 Å². The number of nitrogens with zero attached hydrogens (tertiary/aromatic N) is 2. The number of aromatic nitrogens is 1. The van der Waals surface area contributed by atoms with Gasteiger partial charge in [0.25, 0.3) is 0 Å². The van der Waals surface area contributed by atoms with Crippen molar-refractivity contribution in [2.45, 2.75) is 31.1 Å².